The monoisotopic (exact) mass is 222 g/mol. The van der Waals surface area contributed by atoms with E-state index in [9.17, 15) is 13.2 Å². The summed E-state index contributed by atoms with van der Waals surface area (Å²) in [6, 6.07) is 11.8. The molecular weight excluding hydrogens is 213 g/mol. The van der Waals surface area contributed by atoms with Gasteiger partial charge < -0.3 is 0 Å². The fourth-order valence-electron chi connectivity index (χ4n) is 1.52. The van der Waals surface area contributed by atoms with Gasteiger partial charge in [-0.25, -0.2) is 13.2 Å². The quantitative estimate of drug-likeness (QED) is 0.705. The van der Waals surface area contributed by atoms with Crippen molar-refractivity contribution in [2.75, 3.05) is 0 Å². The topological polar surface area (TPSA) is 0 Å². The van der Waals surface area contributed by atoms with E-state index < -0.39 is 6.43 Å². The van der Waals surface area contributed by atoms with Crippen LogP contribution in [0.15, 0.2) is 48.5 Å². The highest BCUT2D eigenvalue weighted by Gasteiger charge is 2.07. The second-order valence-electron chi connectivity index (χ2n) is 3.44. The minimum atomic E-state index is -2.51. The van der Waals surface area contributed by atoms with E-state index >= 15 is 0 Å². The number of benzene rings is 2. The van der Waals surface area contributed by atoms with Gasteiger partial charge in [0.05, 0.1) is 0 Å². The molecule has 0 aliphatic carbocycles. The van der Waals surface area contributed by atoms with Crippen LogP contribution in [0, 0.1) is 5.82 Å². The summed E-state index contributed by atoms with van der Waals surface area (Å²) >= 11 is 0. The zero-order valence-electron chi connectivity index (χ0n) is 8.33. The molecule has 0 heterocycles. The molecule has 0 aliphatic heterocycles. The molecule has 0 aliphatic rings. The predicted molar refractivity (Wildman–Crippen MR) is 56.8 cm³/mol. The Morgan fingerprint density at radius 3 is 2.06 bits per heavy atom. The molecule has 2 aromatic carbocycles. The molecule has 2 aromatic rings. The molecule has 0 aromatic heterocycles. The lowest BCUT2D eigenvalue weighted by Crippen LogP contribution is -1.85. The second kappa shape index (κ2) is 4.39. The highest BCUT2D eigenvalue weighted by molar-refractivity contribution is 5.64. The standard InChI is InChI=1S/C13H9F3/c14-12-6-2-4-10(8-12)9-3-1-5-11(7-9)13(15)16/h1-8,13H. The highest BCUT2D eigenvalue weighted by atomic mass is 19.3. The van der Waals surface area contributed by atoms with Crippen LogP contribution >= 0.6 is 0 Å². The molecule has 0 spiro atoms. The molecule has 0 nitrogen and oxygen atoms in total. The molecule has 0 bridgehead atoms. The maximum absolute atomic E-state index is 13.0. The summed E-state index contributed by atoms with van der Waals surface area (Å²) in [6.45, 7) is 0. The van der Waals surface area contributed by atoms with Crippen LogP contribution in [-0.4, -0.2) is 0 Å². The van der Waals surface area contributed by atoms with Gasteiger partial charge >= 0.3 is 0 Å². The van der Waals surface area contributed by atoms with E-state index in [-0.39, 0.29) is 11.4 Å². The molecule has 0 unspecified atom stereocenters. The van der Waals surface area contributed by atoms with E-state index in [0.29, 0.717) is 11.1 Å². The summed E-state index contributed by atoms with van der Waals surface area (Å²) in [5, 5.41) is 0. The average molecular weight is 222 g/mol. The van der Waals surface area contributed by atoms with Gasteiger partial charge in [-0.3, -0.25) is 0 Å². The number of hydrogen-bond acceptors (Lipinski definition) is 0. The smallest absolute Gasteiger partial charge is 0.207 e. The zero-order valence-corrected chi connectivity index (χ0v) is 8.33. The van der Waals surface area contributed by atoms with E-state index in [0.717, 1.165) is 0 Å². The summed E-state index contributed by atoms with van der Waals surface area (Å²) in [5.74, 6) is -0.375. The fraction of sp³-hybridized carbons (Fsp3) is 0.0769. The van der Waals surface area contributed by atoms with Gasteiger partial charge in [0.15, 0.2) is 0 Å². The Balaban J connectivity index is 2.44. The van der Waals surface area contributed by atoms with Crippen molar-refractivity contribution in [2.45, 2.75) is 6.43 Å². The summed E-state index contributed by atoms with van der Waals surface area (Å²) < 4.78 is 37.9. The van der Waals surface area contributed by atoms with E-state index in [2.05, 4.69) is 0 Å². The van der Waals surface area contributed by atoms with Gasteiger partial charge in [0.2, 0.25) is 0 Å². The first-order valence-corrected chi connectivity index (χ1v) is 4.81. The minimum Gasteiger partial charge on any atom is -0.207 e. The first-order chi connectivity index (χ1) is 7.66. The van der Waals surface area contributed by atoms with Crippen molar-refractivity contribution in [1.29, 1.82) is 0 Å². The lowest BCUT2D eigenvalue weighted by Gasteiger charge is -2.04. The van der Waals surface area contributed by atoms with Crippen LogP contribution in [0.5, 0.6) is 0 Å². The Hall–Kier alpha value is -1.77. The molecule has 0 amide bonds. The maximum Gasteiger partial charge on any atom is 0.263 e. The van der Waals surface area contributed by atoms with Crippen LogP contribution in [0.2, 0.25) is 0 Å². The molecule has 0 saturated heterocycles. The average Bonchev–Trinajstić information content (AvgIpc) is 2.29. The fourth-order valence-corrected chi connectivity index (χ4v) is 1.52. The predicted octanol–water partition coefficient (Wildman–Crippen LogP) is 4.43. The van der Waals surface area contributed by atoms with Crippen LogP contribution in [0.3, 0.4) is 0 Å². The Kier molecular flexibility index (Phi) is 2.95. The first-order valence-electron chi connectivity index (χ1n) is 4.81. The first kappa shape index (κ1) is 10.7. The van der Waals surface area contributed by atoms with Crippen molar-refractivity contribution in [2.24, 2.45) is 0 Å². The third-order valence-corrected chi connectivity index (χ3v) is 2.30. The van der Waals surface area contributed by atoms with Crippen LogP contribution in [-0.2, 0) is 0 Å². The Bertz CT molecular complexity index is 492. The molecule has 2 rings (SSSR count). The zero-order chi connectivity index (χ0) is 11.5. The molecule has 0 N–H and O–H groups in total. The molecular formula is C13H9F3. The third-order valence-electron chi connectivity index (χ3n) is 2.30. The minimum absolute atomic E-state index is 0.0539. The van der Waals surface area contributed by atoms with Crippen molar-refractivity contribution in [3.63, 3.8) is 0 Å². The number of rotatable bonds is 2. The van der Waals surface area contributed by atoms with E-state index in [4.69, 9.17) is 0 Å². The maximum atomic E-state index is 13.0. The number of halogens is 3. The van der Waals surface area contributed by atoms with Gasteiger partial charge in [0.1, 0.15) is 5.82 Å². The van der Waals surface area contributed by atoms with Crippen molar-refractivity contribution in [3.8, 4) is 11.1 Å². The highest BCUT2D eigenvalue weighted by Crippen LogP contribution is 2.25. The van der Waals surface area contributed by atoms with Crippen molar-refractivity contribution in [1.82, 2.24) is 0 Å². The van der Waals surface area contributed by atoms with E-state index in [1.54, 1.807) is 24.3 Å². The van der Waals surface area contributed by atoms with E-state index in [1.165, 1.54) is 24.3 Å². The Morgan fingerprint density at radius 2 is 1.44 bits per heavy atom. The largest absolute Gasteiger partial charge is 0.263 e. The van der Waals surface area contributed by atoms with Gasteiger partial charge in [-0.05, 0) is 29.3 Å². The third kappa shape index (κ3) is 2.24. The van der Waals surface area contributed by atoms with Crippen LogP contribution in [0.4, 0.5) is 13.2 Å². The molecule has 0 radical (unpaired) electrons. The van der Waals surface area contributed by atoms with Gasteiger partial charge in [-0.15, -0.1) is 0 Å². The van der Waals surface area contributed by atoms with E-state index in [1.807, 2.05) is 0 Å². The van der Waals surface area contributed by atoms with Crippen LogP contribution < -0.4 is 0 Å². The number of hydrogen-bond donors (Lipinski definition) is 0. The van der Waals surface area contributed by atoms with Gasteiger partial charge in [0, 0.05) is 5.56 Å². The van der Waals surface area contributed by atoms with Crippen molar-refractivity contribution < 1.29 is 13.2 Å². The van der Waals surface area contributed by atoms with Crippen molar-refractivity contribution >= 4 is 0 Å². The van der Waals surface area contributed by atoms with Gasteiger partial charge in [0.25, 0.3) is 6.43 Å². The number of alkyl halides is 2. The van der Waals surface area contributed by atoms with Crippen molar-refractivity contribution in [3.05, 3.63) is 59.9 Å². The summed E-state index contributed by atoms with van der Waals surface area (Å²) in [6.07, 6.45) is -2.51. The Labute approximate surface area is 91.4 Å². The Morgan fingerprint density at radius 1 is 0.812 bits per heavy atom. The molecule has 16 heavy (non-hydrogen) atoms. The lowest BCUT2D eigenvalue weighted by molar-refractivity contribution is 0.151. The van der Waals surface area contributed by atoms with Crippen LogP contribution in [0.25, 0.3) is 11.1 Å². The summed E-state index contributed by atoms with van der Waals surface area (Å²) in [5.41, 5.74) is 1.14. The molecule has 3 heteroatoms. The normalized spacial score (nSPS) is 10.8. The molecule has 82 valence electrons. The molecule has 0 fully saturated rings. The summed E-state index contributed by atoms with van der Waals surface area (Å²) in [7, 11) is 0. The lowest BCUT2D eigenvalue weighted by atomic mass is 10.0. The van der Waals surface area contributed by atoms with Gasteiger partial charge in [-0.1, -0.05) is 30.3 Å². The molecule has 0 saturated carbocycles. The SMILES string of the molecule is Fc1cccc(-c2cccc(C(F)F)c2)c1. The second-order valence-corrected chi connectivity index (χ2v) is 3.44. The summed E-state index contributed by atoms with van der Waals surface area (Å²) in [4.78, 5) is 0. The molecule has 0 atom stereocenters. The van der Waals surface area contributed by atoms with Gasteiger partial charge in [-0.2, -0.15) is 0 Å². The van der Waals surface area contributed by atoms with Crippen LogP contribution in [0.1, 0.15) is 12.0 Å².